The Morgan fingerprint density at radius 3 is 2.14 bits per heavy atom. The first-order chi connectivity index (χ1) is 10.4. The Labute approximate surface area is 131 Å². The van der Waals surface area contributed by atoms with Crippen LogP contribution in [0.5, 0.6) is 0 Å². The second-order valence-electron chi connectivity index (χ2n) is 5.87. The molecule has 1 aromatic carbocycles. The number of amides is 3. The zero-order valence-corrected chi connectivity index (χ0v) is 13.5. The molecule has 0 spiro atoms. The lowest BCUT2D eigenvalue weighted by atomic mass is 9.99. The van der Waals surface area contributed by atoms with E-state index in [0.717, 1.165) is 11.1 Å². The van der Waals surface area contributed by atoms with Crippen LogP contribution < -0.4 is 5.73 Å². The van der Waals surface area contributed by atoms with E-state index in [1.54, 1.807) is 4.90 Å². The number of aryl methyl sites for hydroxylation is 1. The quantitative estimate of drug-likeness (QED) is 0.899. The Bertz CT molecular complexity index is 551. The van der Waals surface area contributed by atoms with Crippen molar-refractivity contribution in [2.45, 2.75) is 13.0 Å². The van der Waals surface area contributed by atoms with Crippen molar-refractivity contribution >= 4 is 11.9 Å². The molecule has 0 aliphatic carbocycles. The second kappa shape index (κ2) is 6.79. The molecule has 1 heterocycles. The largest absolute Gasteiger partial charge is 0.351 e. The van der Waals surface area contributed by atoms with E-state index in [1.807, 2.05) is 55.1 Å². The van der Waals surface area contributed by atoms with Crippen LogP contribution in [-0.2, 0) is 4.79 Å². The number of likely N-dealkylation sites (N-methyl/N-ethyl adjacent to an activating group) is 1. The lowest BCUT2D eigenvalue weighted by molar-refractivity contribution is -0.137. The predicted octanol–water partition coefficient (Wildman–Crippen LogP) is 0.821. The predicted molar refractivity (Wildman–Crippen MR) is 85.3 cm³/mol. The number of nitrogens with two attached hydrogens (primary N) is 1. The highest BCUT2D eigenvalue weighted by atomic mass is 16.2. The summed E-state index contributed by atoms with van der Waals surface area (Å²) in [5.74, 6) is 0.0726. The van der Waals surface area contributed by atoms with Crippen molar-refractivity contribution in [1.82, 2.24) is 14.7 Å². The molecule has 1 atom stereocenters. The fraction of sp³-hybridized carbons (Fsp3) is 0.500. The molecule has 2 rings (SSSR count). The molecule has 0 saturated carbocycles. The molecule has 1 fully saturated rings. The maximum Gasteiger partial charge on any atom is 0.314 e. The zero-order valence-electron chi connectivity index (χ0n) is 13.5. The van der Waals surface area contributed by atoms with Crippen molar-refractivity contribution in [3.63, 3.8) is 0 Å². The standard InChI is InChI=1S/C16H24N4O2/c1-12-6-4-5-7-13(12)14(18(2)3)15(21)19-8-10-20(11-9-19)16(17)22/h4-7,14H,8-11H2,1-3H3,(H2,17,22). The summed E-state index contributed by atoms with van der Waals surface area (Å²) in [6.07, 6.45) is 0. The third kappa shape index (κ3) is 3.39. The summed E-state index contributed by atoms with van der Waals surface area (Å²) < 4.78 is 0. The number of primary amides is 1. The Hall–Kier alpha value is -2.08. The fourth-order valence-electron chi connectivity index (χ4n) is 2.85. The number of piperazine rings is 1. The highest BCUT2D eigenvalue weighted by Gasteiger charge is 2.31. The van der Waals surface area contributed by atoms with E-state index in [9.17, 15) is 9.59 Å². The van der Waals surface area contributed by atoms with Crippen molar-refractivity contribution in [2.75, 3.05) is 40.3 Å². The highest BCUT2D eigenvalue weighted by molar-refractivity contribution is 5.84. The van der Waals surface area contributed by atoms with Gasteiger partial charge in [0.2, 0.25) is 5.91 Å². The number of hydrogen-bond acceptors (Lipinski definition) is 3. The molecule has 6 heteroatoms. The van der Waals surface area contributed by atoms with Gasteiger partial charge in [-0.1, -0.05) is 24.3 Å². The van der Waals surface area contributed by atoms with Crippen LogP contribution in [0, 0.1) is 6.92 Å². The van der Waals surface area contributed by atoms with Crippen LogP contribution in [-0.4, -0.2) is 66.9 Å². The van der Waals surface area contributed by atoms with Crippen LogP contribution >= 0.6 is 0 Å². The molecule has 0 aromatic heterocycles. The fourth-order valence-corrected chi connectivity index (χ4v) is 2.85. The van der Waals surface area contributed by atoms with Crippen molar-refractivity contribution in [3.05, 3.63) is 35.4 Å². The first kappa shape index (κ1) is 16.3. The molecule has 22 heavy (non-hydrogen) atoms. The number of hydrogen-bond donors (Lipinski definition) is 1. The van der Waals surface area contributed by atoms with Crippen LogP contribution in [0.4, 0.5) is 4.79 Å². The number of benzene rings is 1. The number of urea groups is 1. The van der Waals surface area contributed by atoms with E-state index in [4.69, 9.17) is 5.73 Å². The first-order valence-electron chi connectivity index (χ1n) is 7.47. The molecule has 1 aliphatic heterocycles. The molecular weight excluding hydrogens is 280 g/mol. The summed E-state index contributed by atoms with van der Waals surface area (Å²) in [6, 6.07) is 7.22. The summed E-state index contributed by atoms with van der Waals surface area (Å²) in [5.41, 5.74) is 7.41. The van der Waals surface area contributed by atoms with Gasteiger partial charge in [0.15, 0.2) is 0 Å². The highest BCUT2D eigenvalue weighted by Crippen LogP contribution is 2.24. The summed E-state index contributed by atoms with van der Waals surface area (Å²) >= 11 is 0. The Balaban J connectivity index is 2.15. The van der Waals surface area contributed by atoms with E-state index in [2.05, 4.69) is 0 Å². The summed E-state index contributed by atoms with van der Waals surface area (Å²) in [7, 11) is 3.82. The molecular formula is C16H24N4O2. The minimum atomic E-state index is -0.421. The van der Waals surface area contributed by atoms with Gasteiger partial charge in [-0.05, 0) is 32.1 Å². The zero-order chi connectivity index (χ0) is 16.3. The van der Waals surface area contributed by atoms with Crippen LogP contribution in [0.2, 0.25) is 0 Å². The molecule has 1 unspecified atom stereocenters. The molecule has 1 saturated heterocycles. The number of carbonyl (C=O) groups excluding carboxylic acids is 2. The van der Waals surface area contributed by atoms with E-state index >= 15 is 0 Å². The molecule has 0 bridgehead atoms. The minimum Gasteiger partial charge on any atom is -0.351 e. The van der Waals surface area contributed by atoms with E-state index < -0.39 is 6.03 Å². The van der Waals surface area contributed by atoms with Crippen molar-refractivity contribution in [1.29, 1.82) is 0 Å². The van der Waals surface area contributed by atoms with Gasteiger partial charge in [-0.3, -0.25) is 9.69 Å². The Morgan fingerprint density at radius 1 is 1.09 bits per heavy atom. The lowest BCUT2D eigenvalue weighted by Crippen LogP contribution is -2.54. The van der Waals surface area contributed by atoms with Crippen LogP contribution in [0.3, 0.4) is 0 Å². The number of nitrogens with zero attached hydrogens (tertiary/aromatic N) is 3. The van der Waals surface area contributed by atoms with Crippen molar-refractivity contribution in [2.24, 2.45) is 5.73 Å². The van der Waals surface area contributed by atoms with Gasteiger partial charge >= 0.3 is 6.03 Å². The molecule has 3 amide bonds. The van der Waals surface area contributed by atoms with Gasteiger partial charge in [-0.15, -0.1) is 0 Å². The number of carbonyl (C=O) groups is 2. The molecule has 120 valence electrons. The lowest BCUT2D eigenvalue weighted by Gasteiger charge is -2.37. The van der Waals surface area contributed by atoms with Crippen molar-refractivity contribution < 1.29 is 9.59 Å². The van der Waals surface area contributed by atoms with Crippen LogP contribution in [0.1, 0.15) is 17.2 Å². The molecule has 1 aromatic rings. The van der Waals surface area contributed by atoms with Gasteiger partial charge in [0, 0.05) is 26.2 Å². The molecule has 2 N–H and O–H groups in total. The summed E-state index contributed by atoms with van der Waals surface area (Å²) in [4.78, 5) is 29.4. The van der Waals surface area contributed by atoms with Crippen LogP contribution in [0.15, 0.2) is 24.3 Å². The van der Waals surface area contributed by atoms with Gasteiger partial charge in [0.25, 0.3) is 0 Å². The van der Waals surface area contributed by atoms with Gasteiger partial charge in [0.05, 0.1) is 0 Å². The van der Waals surface area contributed by atoms with Gasteiger partial charge in [0.1, 0.15) is 6.04 Å². The van der Waals surface area contributed by atoms with E-state index in [1.165, 1.54) is 0 Å². The smallest absolute Gasteiger partial charge is 0.314 e. The first-order valence-corrected chi connectivity index (χ1v) is 7.47. The van der Waals surface area contributed by atoms with Gasteiger partial charge in [-0.25, -0.2) is 4.79 Å². The number of rotatable bonds is 3. The SMILES string of the molecule is Cc1ccccc1C(C(=O)N1CCN(C(N)=O)CC1)N(C)C. The summed E-state index contributed by atoms with van der Waals surface area (Å²) in [6.45, 7) is 4.06. The van der Waals surface area contributed by atoms with E-state index in [-0.39, 0.29) is 11.9 Å². The average Bonchev–Trinajstić information content (AvgIpc) is 2.49. The molecule has 0 radical (unpaired) electrons. The van der Waals surface area contributed by atoms with Crippen LogP contribution in [0.25, 0.3) is 0 Å². The Kier molecular flexibility index (Phi) is 5.03. The van der Waals surface area contributed by atoms with Gasteiger partial charge < -0.3 is 15.5 Å². The molecule has 6 nitrogen and oxygen atoms in total. The summed E-state index contributed by atoms with van der Waals surface area (Å²) in [5, 5.41) is 0. The van der Waals surface area contributed by atoms with Gasteiger partial charge in [-0.2, -0.15) is 0 Å². The minimum absolute atomic E-state index is 0.0726. The average molecular weight is 304 g/mol. The third-order valence-electron chi connectivity index (χ3n) is 4.14. The normalized spacial score (nSPS) is 16.7. The second-order valence-corrected chi connectivity index (χ2v) is 5.87. The Morgan fingerprint density at radius 2 is 1.64 bits per heavy atom. The maximum absolute atomic E-state index is 12.9. The molecule has 1 aliphatic rings. The van der Waals surface area contributed by atoms with Crippen molar-refractivity contribution in [3.8, 4) is 0 Å². The van der Waals surface area contributed by atoms with E-state index in [0.29, 0.717) is 26.2 Å². The third-order valence-corrected chi connectivity index (χ3v) is 4.14. The monoisotopic (exact) mass is 304 g/mol. The topological polar surface area (TPSA) is 69.9 Å². The maximum atomic E-state index is 12.9.